The molecule has 6 nitrogen and oxygen atoms in total. The summed E-state index contributed by atoms with van der Waals surface area (Å²) in [4.78, 5) is 27.4. The third kappa shape index (κ3) is 4.87. The molecule has 4 aromatic rings. The van der Waals surface area contributed by atoms with E-state index in [1.165, 1.54) is 16.4 Å². The van der Waals surface area contributed by atoms with Crippen molar-refractivity contribution in [1.29, 1.82) is 0 Å². The van der Waals surface area contributed by atoms with Crippen LogP contribution in [-0.4, -0.2) is 41.0 Å². The summed E-state index contributed by atoms with van der Waals surface area (Å²) in [6, 6.07) is 24.1. The minimum absolute atomic E-state index is 0.0306. The van der Waals surface area contributed by atoms with Gasteiger partial charge in [0.2, 0.25) is 11.8 Å². The number of piperidine rings is 1. The van der Waals surface area contributed by atoms with Crippen LogP contribution in [0.3, 0.4) is 0 Å². The van der Waals surface area contributed by atoms with Crippen LogP contribution in [0.25, 0.3) is 21.8 Å². The third-order valence-electron chi connectivity index (χ3n) is 6.90. The molecule has 1 saturated heterocycles. The van der Waals surface area contributed by atoms with Gasteiger partial charge in [-0.05, 0) is 56.2 Å². The molecule has 35 heavy (non-hydrogen) atoms. The van der Waals surface area contributed by atoms with Crippen molar-refractivity contribution >= 4 is 39.3 Å². The molecule has 0 saturated carbocycles. The van der Waals surface area contributed by atoms with E-state index in [1.54, 1.807) is 0 Å². The molecular weight excluding hydrogens is 438 g/mol. The highest BCUT2D eigenvalue weighted by molar-refractivity contribution is 6.09. The van der Waals surface area contributed by atoms with E-state index in [0.717, 1.165) is 23.4 Å². The number of rotatable bonds is 7. The number of fused-ring (bicyclic) bond motifs is 3. The molecule has 0 radical (unpaired) electrons. The minimum Gasteiger partial charge on any atom is -0.493 e. The summed E-state index contributed by atoms with van der Waals surface area (Å²) >= 11 is 0. The molecule has 2 amide bonds. The highest BCUT2D eigenvalue weighted by Gasteiger charge is 2.27. The van der Waals surface area contributed by atoms with Crippen LogP contribution in [-0.2, 0) is 16.1 Å². The highest BCUT2D eigenvalue weighted by atomic mass is 16.5. The number of para-hydroxylation sites is 2. The van der Waals surface area contributed by atoms with Crippen LogP contribution in [0, 0.1) is 5.92 Å². The van der Waals surface area contributed by atoms with Crippen molar-refractivity contribution in [3.63, 3.8) is 0 Å². The number of likely N-dealkylation sites (tertiary alicyclic amines) is 1. The molecule has 1 aliphatic rings. The first-order chi connectivity index (χ1) is 17.1. The summed E-state index contributed by atoms with van der Waals surface area (Å²) in [6.07, 6.45) is 1.69. The molecule has 2 heterocycles. The Balaban J connectivity index is 1.16. The lowest BCUT2D eigenvalue weighted by atomic mass is 9.95. The second-order valence-corrected chi connectivity index (χ2v) is 9.05. The van der Waals surface area contributed by atoms with E-state index < -0.39 is 0 Å². The fraction of sp³-hybridized carbons (Fsp3) is 0.310. The molecule has 3 aromatic carbocycles. The normalized spacial score (nSPS) is 14.4. The number of aromatic nitrogens is 1. The Labute approximate surface area is 205 Å². The lowest BCUT2D eigenvalue weighted by molar-refractivity contribution is -0.135. The topological polar surface area (TPSA) is 63.6 Å². The smallest absolute Gasteiger partial charge is 0.227 e. The quantitative estimate of drug-likeness (QED) is 0.391. The summed E-state index contributed by atoms with van der Waals surface area (Å²) in [6.45, 7) is 4.61. The molecular formula is C29H31N3O3. The standard InChI is InChI=1S/C29H31N3O3/c1-2-32-26-11-7-6-10-24(26)25-20-22(12-13-27(25)32)30-29(34)21-14-17-31(18-15-21)28(33)16-19-35-23-8-4-3-5-9-23/h3-13,20-21H,2,14-19H2,1H3,(H,30,34). The molecule has 0 unspecified atom stereocenters. The van der Waals surface area contributed by atoms with Crippen LogP contribution < -0.4 is 10.1 Å². The van der Waals surface area contributed by atoms with Gasteiger partial charge in [-0.15, -0.1) is 0 Å². The van der Waals surface area contributed by atoms with E-state index >= 15 is 0 Å². The van der Waals surface area contributed by atoms with Crippen molar-refractivity contribution in [3.8, 4) is 5.75 Å². The molecule has 1 aromatic heterocycles. The van der Waals surface area contributed by atoms with Crippen LogP contribution in [0.2, 0.25) is 0 Å². The Morgan fingerprint density at radius 3 is 2.40 bits per heavy atom. The number of carbonyl (C=O) groups excluding carboxylic acids is 2. The number of ether oxygens (including phenoxy) is 1. The van der Waals surface area contributed by atoms with Gasteiger partial charge < -0.3 is 19.5 Å². The van der Waals surface area contributed by atoms with Gasteiger partial charge in [-0.25, -0.2) is 0 Å². The van der Waals surface area contributed by atoms with E-state index in [9.17, 15) is 9.59 Å². The summed E-state index contributed by atoms with van der Waals surface area (Å²) < 4.78 is 7.95. The van der Waals surface area contributed by atoms with Crippen molar-refractivity contribution in [2.75, 3.05) is 25.0 Å². The van der Waals surface area contributed by atoms with E-state index in [1.807, 2.05) is 41.3 Å². The van der Waals surface area contributed by atoms with Gasteiger partial charge in [-0.3, -0.25) is 9.59 Å². The second-order valence-electron chi connectivity index (χ2n) is 9.05. The first-order valence-electron chi connectivity index (χ1n) is 12.4. The lowest BCUT2D eigenvalue weighted by Gasteiger charge is -2.31. The number of anilines is 1. The van der Waals surface area contributed by atoms with E-state index in [-0.39, 0.29) is 17.7 Å². The van der Waals surface area contributed by atoms with Gasteiger partial charge in [0.15, 0.2) is 0 Å². The van der Waals surface area contributed by atoms with Crippen molar-refractivity contribution < 1.29 is 14.3 Å². The molecule has 0 bridgehead atoms. The largest absolute Gasteiger partial charge is 0.493 e. The van der Waals surface area contributed by atoms with Gasteiger partial charge in [-0.2, -0.15) is 0 Å². The van der Waals surface area contributed by atoms with Crippen LogP contribution in [0.5, 0.6) is 5.75 Å². The second kappa shape index (κ2) is 10.2. The highest BCUT2D eigenvalue weighted by Crippen LogP contribution is 2.31. The first kappa shape index (κ1) is 23.0. The summed E-state index contributed by atoms with van der Waals surface area (Å²) in [5.41, 5.74) is 3.20. The average molecular weight is 470 g/mol. The number of nitrogens with zero attached hydrogens (tertiary/aromatic N) is 2. The van der Waals surface area contributed by atoms with Crippen LogP contribution >= 0.6 is 0 Å². The number of amides is 2. The zero-order chi connectivity index (χ0) is 24.2. The van der Waals surface area contributed by atoms with Gasteiger partial charge in [0.1, 0.15) is 5.75 Å². The predicted molar refractivity (Wildman–Crippen MR) is 140 cm³/mol. The Kier molecular flexibility index (Phi) is 6.70. The molecule has 5 rings (SSSR count). The predicted octanol–water partition coefficient (Wildman–Crippen LogP) is 5.46. The Hall–Kier alpha value is -3.80. The number of carbonyl (C=O) groups is 2. The summed E-state index contributed by atoms with van der Waals surface area (Å²) in [7, 11) is 0. The number of hydrogen-bond acceptors (Lipinski definition) is 3. The van der Waals surface area contributed by atoms with Crippen molar-refractivity contribution in [2.24, 2.45) is 5.92 Å². The van der Waals surface area contributed by atoms with Crippen LogP contribution in [0.4, 0.5) is 5.69 Å². The zero-order valence-corrected chi connectivity index (χ0v) is 20.1. The molecule has 0 atom stereocenters. The molecule has 1 N–H and O–H groups in total. The number of nitrogens with one attached hydrogen (secondary N) is 1. The average Bonchev–Trinajstić information content (AvgIpc) is 3.22. The monoisotopic (exact) mass is 469 g/mol. The minimum atomic E-state index is -0.0905. The zero-order valence-electron chi connectivity index (χ0n) is 20.1. The fourth-order valence-electron chi connectivity index (χ4n) is 5.04. The van der Waals surface area contributed by atoms with Crippen LogP contribution in [0.15, 0.2) is 72.8 Å². The summed E-state index contributed by atoms with van der Waals surface area (Å²) in [5.74, 6) is 0.793. The van der Waals surface area contributed by atoms with Crippen molar-refractivity contribution in [1.82, 2.24) is 9.47 Å². The first-order valence-corrected chi connectivity index (χ1v) is 12.4. The molecule has 180 valence electrons. The van der Waals surface area contributed by atoms with Gasteiger partial charge in [0, 0.05) is 53.0 Å². The maximum Gasteiger partial charge on any atom is 0.227 e. The van der Waals surface area contributed by atoms with Gasteiger partial charge in [0.25, 0.3) is 0 Å². The molecule has 6 heteroatoms. The SMILES string of the molecule is CCn1c2ccccc2c2cc(NC(=O)C3CCN(C(=O)CCOc4ccccc4)CC3)ccc21. The third-order valence-corrected chi connectivity index (χ3v) is 6.90. The van der Waals surface area contributed by atoms with Gasteiger partial charge in [-0.1, -0.05) is 36.4 Å². The van der Waals surface area contributed by atoms with E-state index in [0.29, 0.717) is 39.0 Å². The van der Waals surface area contributed by atoms with Gasteiger partial charge in [0.05, 0.1) is 13.0 Å². The molecule has 0 spiro atoms. The number of aryl methyl sites for hydroxylation is 1. The maximum atomic E-state index is 13.0. The number of hydrogen-bond donors (Lipinski definition) is 1. The Morgan fingerprint density at radius 2 is 1.63 bits per heavy atom. The van der Waals surface area contributed by atoms with E-state index in [4.69, 9.17) is 4.74 Å². The summed E-state index contributed by atoms with van der Waals surface area (Å²) in [5, 5.41) is 5.47. The van der Waals surface area contributed by atoms with Crippen molar-refractivity contribution in [2.45, 2.75) is 32.7 Å². The molecule has 0 aliphatic carbocycles. The Morgan fingerprint density at radius 1 is 0.914 bits per heavy atom. The molecule has 1 fully saturated rings. The fourth-order valence-corrected chi connectivity index (χ4v) is 5.04. The number of benzene rings is 3. The van der Waals surface area contributed by atoms with E-state index in [2.05, 4.69) is 53.2 Å². The Bertz CT molecular complexity index is 1340. The maximum absolute atomic E-state index is 13.0. The van der Waals surface area contributed by atoms with Crippen LogP contribution in [0.1, 0.15) is 26.2 Å². The lowest BCUT2D eigenvalue weighted by Crippen LogP contribution is -2.41. The van der Waals surface area contributed by atoms with Crippen molar-refractivity contribution in [3.05, 3.63) is 72.8 Å². The molecule has 1 aliphatic heterocycles. The van der Waals surface area contributed by atoms with Gasteiger partial charge >= 0.3 is 0 Å².